The maximum Gasteiger partial charge on any atom is 0.272 e. The molecule has 0 aliphatic carbocycles. The highest BCUT2D eigenvalue weighted by Gasteiger charge is 2.19. The Morgan fingerprint density at radius 2 is 2.11 bits per heavy atom. The number of halogens is 2. The second-order valence-electron chi connectivity index (χ2n) is 3.66. The molecule has 0 radical (unpaired) electrons. The highest BCUT2D eigenvalue weighted by Crippen LogP contribution is 2.35. The van der Waals surface area contributed by atoms with Gasteiger partial charge >= 0.3 is 0 Å². The van der Waals surface area contributed by atoms with Crippen LogP contribution < -0.4 is 4.72 Å². The Bertz CT molecular complexity index is 679. The molecule has 0 spiro atoms. The van der Waals surface area contributed by atoms with Gasteiger partial charge in [-0.2, -0.15) is 0 Å². The van der Waals surface area contributed by atoms with Gasteiger partial charge in [-0.15, -0.1) is 11.3 Å². The summed E-state index contributed by atoms with van der Waals surface area (Å²) in [6.45, 7) is 1.97. The number of aromatic nitrogens is 1. The number of nitrogens with zero attached hydrogens (tertiary/aromatic N) is 1. The molecular weight excluding hydrogens is 416 g/mol. The summed E-state index contributed by atoms with van der Waals surface area (Å²) < 4.78 is 28.5. The lowest BCUT2D eigenvalue weighted by atomic mass is 10.3. The Hall–Kier alpha value is -0.440. The number of rotatable bonds is 4. The summed E-state index contributed by atoms with van der Waals surface area (Å²) in [5, 5.41) is 0. The van der Waals surface area contributed by atoms with Gasteiger partial charge in [-0.1, -0.05) is 13.0 Å². The molecular formula is C11H10Br2N2O2S2. The summed E-state index contributed by atoms with van der Waals surface area (Å²) in [7, 11) is -3.59. The molecule has 8 heteroatoms. The smallest absolute Gasteiger partial charge is 0.263 e. The number of sulfonamides is 1. The molecule has 102 valence electrons. The highest BCUT2D eigenvalue weighted by atomic mass is 79.9. The zero-order chi connectivity index (χ0) is 14.0. The van der Waals surface area contributed by atoms with Crippen molar-refractivity contribution in [1.82, 2.24) is 4.98 Å². The fourth-order valence-electron chi connectivity index (χ4n) is 1.38. The number of pyridine rings is 1. The van der Waals surface area contributed by atoms with Crippen molar-refractivity contribution in [1.29, 1.82) is 0 Å². The van der Waals surface area contributed by atoms with Crippen molar-refractivity contribution in [3.63, 3.8) is 0 Å². The molecule has 0 unspecified atom stereocenters. The molecule has 2 aromatic rings. The predicted molar refractivity (Wildman–Crippen MR) is 84.1 cm³/mol. The summed E-state index contributed by atoms with van der Waals surface area (Å²) in [4.78, 5) is 4.22. The lowest BCUT2D eigenvalue weighted by Crippen LogP contribution is -2.12. The Labute approximate surface area is 132 Å². The van der Waals surface area contributed by atoms with E-state index in [0.717, 1.165) is 27.2 Å². The third-order valence-electron chi connectivity index (χ3n) is 2.30. The molecule has 2 aromatic heterocycles. The van der Waals surface area contributed by atoms with Gasteiger partial charge in [-0.3, -0.25) is 4.72 Å². The Balaban J connectivity index is 2.30. The lowest BCUT2D eigenvalue weighted by Gasteiger charge is -2.06. The van der Waals surface area contributed by atoms with Crippen LogP contribution in [0.15, 0.2) is 36.7 Å². The molecule has 0 fully saturated rings. The molecule has 0 atom stereocenters. The molecule has 2 heterocycles. The average Bonchev–Trinajstić information content (AvgIpc) is 2.70. The van der Waals surface area contributed by atoms with Crippen LogP contribution in [0.25, 0.3) is 0 Å². The molecule has 0 aliphatic rings. The number of nitrogens with one attached hydrogen (secondary N) is 1. The van der Waals surface area contributed by atoms with Gasteiger partial charge in [0.05, 0.1) is 3.79 Å². The standard InChI is InChI=1S/C11H10Br2N2O2S2/c1-2-7-4-3-5-9(14-7)15-19(16,17)10-6-8(12)11(13)18-10/h3-6H,2H2,1H3,(H,14,15). The van der Waals surface area contributed by atoms with Crippen LogP contribution >= 0.6 is 43.2 Å². The number of aryl methyl sites for hydroxylation is 1. The van der Waals surface area contributed by atoms with Crippen LogP contribution in [-0.2, 0) is 16.4 Å². The van der Waals surface area contributed by atoms with Crippen molar-refractivity contribution >= 4 is 59.0 Å². The number of anilines is 1. The van der Waals surface area contributed by atoms with Crippen LogP contribution in [0, 0.1) is 0 Å². The van der Waals surface area contributed by atoms with Crippen molar-refractivity contribution < 1.29 is 8.42 Å². The first-order valence-corrected chi connectivity index (χ1v) is 9.24. The first-order valence-electron chi connectivity index (χ1n) is 5.36. The van der Waals surface area contributed by atoms with Crippen molar-refractivity contribution in [3.05, 3.63) is 38.2 Å². The quantitative estimate of drug-likeness (QED) is 0.804. The van der Waals surface area contributed by atoms with Gasteiger partial charge in [0, 0.05) is 10.2 Å². The summed E-state index contributed by atoms with van der Waals surface area (Å²) >= 11 is 7.70. The van der Waals surface area contributed by atoms with E-state index in [9.17, 15) is 8.42 Å². The Morgan fingerprint density at radius 1 is 1.37 bits per heavy atom. The van der Waals surface area contributed by atoms with Crippen molar-refractivity contribution in [2.75, 3.05) is 4.72 Å². The summed E-state index contributed by atoms with van der Waals surface area (Å²) in [5.41, 5.74) is 0.841. The summed E-state index contributed by atoms with van der Waals surface area (Å²) in [6.07, 6.45) is 0.756. The number of thiophene rings is 1. The molecule has 4 nitrogen and oxygen atoms in total. The van der Waals surface area contributed by atoms with Crippen LogP contribution in [0.2, 0.25) is 0 Å². The van der Waals surface area contributed by atoms with Gasteiger partial charge in [0.2, 0.25) is 0 Å². The maximum atomic E-state index is 12.2. The van der Waals surface area contributed by atoms with Crippen LogP contribution in [0.4, 0.5) is 5.82 Å². The second kappa shape index (κ2) is 5.90. The molecule has 0 aliphatic heterocycles. The first kappa shape index (κ1) is 15.0. The van der Waals surface area contributed by atoms with E-state index in [2.05, 4.69) is 41.6 Å². The molecule has 0 aromatic carbocycles. The van der Waals surface area contributed by atoms with E-state index < -0.39 is 10.0 Å². The van der Waals surface area contributed by atoms with Crippen LogP contribution in [0.5, 0.6) is 0 Å². The fraction of sp³-hybridized carbons (Fsp3) is 0.182. The topological polar surface area (TPSA) is 59.1 Å². The van der Waals surface area contributed by atoms with E-state index in [1.807, 2.05) is 13.0 Å². The van der Waals surface area contributed by atoms with E-state index >= 15 is 0 Å². The van der Waals surface area contributed by atoms with Crippen LogP contribution in [0.1, 0.15) is 12.6 Å². The molecule has 0 saturated heterocycles. The minimum atomic E-state index is -3.59. The fourth-order valence-corrected chi connectivity index (χ4v) is 5.20. The lowest BCUT2D eigenvalue weighted by molar-refractivity contribution is 0.603. The average molecular weight is 426 g/mol. The van der Waals surface area contributed by atoms with Crippen LogP contribution in [-0.4, -0.2) is 13.4 Å². The largest absolute Gasteiger partial charge is 0.272 e. The molecule has 0 amide bonds. The maximum absolute atomic E-state index is 12.2. The molecule has 2 rings (SSSR count). The van der Waals surface area contributed by atoms with Crippen LogP contribution in [0.3, 0.4) is 0 Å². The predicted octanol–water partition coefficient (Wildman–Crippen LogP) is 4.03. The van der Waals surface area contributed by atoms with E-state index in [1.165, 1.54) is 0 Å². The van der Waals surface area contributed by atoms with Gasteiger partial charge in [-0.05, 0) is 56.5 Å². The van der Waals surface area contributed by atoms with Gasteiger partial charge in [0.25, 0.3) is 10.0 Å². The zero-order valence-electron chi connectivity index (χ0n) is 9.85. The normalized spacial score (nSPS) is 11.5. The van der Waals surface area contributed by atoms with Gasteiger partial charge in [0.1, 0.15) is 10.0 Å². The third-order valence-corrected chi connectivity index (χ3v) is 7.38. The second-order valence-corrected chi connectivity index (χ2v) is 8.79. The number of hydrogen-bond donors (Lipinski definition) is 1. The van der Waals surface area contributed by atoms with Crippen molar-refractivity contribution in [2.24, 2.45) is 0 Å². The van der Waals surface area contributed by atoms with Crippen molar-refractivity contribution in [2.45, 2.75) is 17.6 Å². The summed E-state index contributed by atoms with van der Waals surface area (Å²) in [5.74, 6) is 0.333. The molecule has 19 heavy (non-hydrogen) atoms. The molecule has 0 bridgehead atoms. The Morgan fingerprint density at radius 3 is 2.68 bits per heavy atom. The van der Waals surface area contributed by atoms with E-state index in [-0.39, 0.29) is 4.21 Å². The van der Waals surface area contributed by atoms with E-state index in [0.29, 0.717) is 10.3 Å². The monoisotopic (exact) mass is 424 g/mol. The Kier molecular flexibility index (Phi) is 4.65. The minimum absolute atomic E-state index is 0.231. The SMILES string of the molecule is CCc1cccc(NS(=O)(=O)c2cc(Br)c(Br)s2)n1. The van der Waals surface area contributed by atoms with Crippen molar-refractivity contribution in [3.8, 4) is 0 Å². The minimum Gasteiger partial charge on any atom is -0.263 e. The molecule has 1 N–H and O–H groups in total. The van der Waals surface area contributed by atoms with Gasteiger partial charge < -0.3 is 0 Å². The zero-order valence-corrected chi connectivity index (χ0v) is 14.7. The molecule has 0 saturated carbocycles. The first-order chi connectivity index (χ1) is 8.92. The third kappa shape index (κ3) is 3.56. The van der Waals surface area contributed by atoms with E-state index in [4.69, 9.17) is 0 Å². The number of hydrogen-bond acceptors (Lipinski definition) is 4. The van der Waals surface area contributed by atoms with Gasteiger partial charge in [-0.25, -0.2) is 13.4 Å². The van der Waals surface area contributed by atoms with E-state index in [1.54, 1.807) is 18.2 Å². The highest BCUT2D eigenvalue weighted by molar-refractivity contribution is 9.13. The van der Waals surface area contributed by atoms with Gasteiger partial charge in [0.15, 0.2) is 0 Å². The summed E-state index contributed by atoms with van der Waals surface area (Å²) in [6, 6.07) is 6.83.